The molecule has 2 N–H and O–H groups in total. The fraction of sp³-hybridized carbons (Fsp3) is 0.533. The van der Waals surface area contributed by atoms with Gasteiger partial charge in [0.1, 0.15) is 0 Å². The second-order valence-electron chi connectivity index (χ2n) is 5.02. The number of likely N-dealkylation sites (N-methyl/N-ethyl adjacent to an activating group) is 1. The first-order valence-corrected chi connectivity index (χ1v) is 6.87. The van der Waals surface area contributed by atoms with Gasteiger partial charge >= 0.3 is 0 Å². The number of benzene rings is 1. The molecule has 1 atom stereocenters. The number of nitrogens with zero attached hydrogens (tertiary/aromatic N) is 1. The van der Waals surface area contributed by atoms with Crippen molar-refractivity contribution in [2.24, 2.45) is 5.73 Å². The summed E-state index contributed by atoms with van der Waals surface area (Å²) >= 11 is 0. The highest BCUT2D eigenvalue weighted by molar-refractivity contribution is 5.95. The average molecular weight is 262 g/mol. The lowest BCUT2D eigenvalue weighted by atomic mass is 10.0. The van der Waals surface area contributed by atoms with E-state index in [4.69, 9.17) is 10.5 Å². The molecule has 4 heteroatoms. The maximum atomic E-state index is 12.5. The van der Waals surface area contributed by atoms with Crippen LogP contribution < -0.4 is 5.73 Å². The molecule has 0 saturated carbocycles. The van der Waals surface area contributed by atoms with Gasteiger partial charge in [-0.25, -0.2) is 0 Å². The lowest BCUT2D eigenvalue weighted by molar-refractivity contribution is 0.0586. The van der Waals surface area contributed by atoms with E-state index in [1.54, 1.807) is 4.90 Å². The SMILES string of the molecule is CN(CC1CCCO1)C(=O)c1ccccc1CCN. The zero-order chi connectivity index (χ0) is 13.7. The van der Waals surface area contributed by atoms with Crippen LogP contribution in [0.1, 0.15) is 28.8 Å². The van der Waals surface area contributed by atoms with Gasteiger partial charge in [0.15, 0.2) is 0 Å². The molecule has 1 unspecified atom stereocenters. The maximum absolute atomic E-state index is 12.5. The van der Waals surface area contributed by atoms with Crippen molar-refractivity contribution in [2.75, 3.05) is 26.7 Å². The first-order chi connectivity index (χ1) is 9.22. The number of hydrogen-bond donors (Lipinski definition) is 1. The Hall–Kier alpha value is -1.39. The summed E-state index contributed by atoms with van der Waals surface area (Å²) in [5.74, 6) is 0.0551. The Morgan fingerprint density at radius 1 is 1.47 bits per heavy atom. The largest absolute Gasteiger partial charge is 0.376 e. The van der Waals surface area contributed by atoms with E-state index >= 15 is 0 Å². The number of ether oxygens (including phenoxy) is 1. The Morgan fingerprint density at radius 2 is 2.26 bits per heavy atom. The van der Waals surface area contributed by atoms with E-state index in [2.05, 4.69) is 0 Å². The Bertz CT molecular complexity index is 428. The molecule has 1 amide bonds. The minimum Gasteiger partial charge on any atom is -0.376 e. The molecule has 1 aliphatic rings. The van der Waals surface area contributed by atoms with Gasteiger partial charge in [0, 0.05) is 25.8 Å². The van der Waals surface area contributed by atoms with E-state index in [0.29, 0.717) is 13.1 Å². The molecule has 4 nitrogen and oxygen atoms in total. The molecule has 19 heavy (non-hydrogen) atoms. The molecule has 104 valence electrons. The van der Waals surface area contributed by atoms with Gasteiger partial charge in [-0.15, -0.1) is 0 Å². The van der Waals surface area contributed by atoms with Crippen molar-refractivity contribution < 1.29 is 9.53 Å². The minimum atomic E-state index is 0.0551. The Kier molecular flexibility index (Phi) is 4.93. The molecule has 1 aromatic rings. The summed E-state index contributed by atoms with van der Waals surface area (Å²) in [6.45, 7) is 2.03. The fourth-order valence-electron chi connectivity index (χ4n) is 2.48. The smallest absolute Gasteiger partial charge is 0.253 e. The summed E-state index contributed by atoms with van der Waals surface area (Å²) in [5, 5.41) is 0. The summed E-state index contributed by atoms with van der Waals surface area (Å²) in [6, 6.07) is 7.69. The van der Waals surface area contributed by atoms with Gasteiger partial charge in [-0.05, 0) is 37.4 Å². The second kappa shape index (κ2) is 6.68. The van der Waals surface area contributed by atoms with Crippen molar-refractivity contribution in [2.45, 2.75) is 25.4 Å². The quantitative estimate of drug-likeness (QED) is 0.873. The molecule has 1 fully saturated rings. The first kappa shape index (κ1) is 14.0. The van der Waals surface area contributed by atoms with E-state index in [0.717, 1.165) is 37.0 Å². The van der Waals surface area contributed by atoms with Crippen LogP contribution in [0.3, 0.4) is 0 Å². The molecular formula is C15H22N2O2. The van der Waals surface area contributed by atoms with Gasteiger partial charge in [-0.3, -0.25) is 4.79 Å². The van der Waals surface area contributed by atoms with Gasteiger partial charge in [0.25, 0.3) is 5.91 Å². The van der Waals surface area contributed by atoms with Crippen LogP contribution in [0.2, 0.25) is 0 Å². The molecule has 0 radical (unpaired) electrons. The summed E-state index contributed by atoms with van der Waals surface area (Å²) in [5.41, 5.74) is 7.37. The van der Waals surface area contributed by atoms with Crippen LogP contribution >= 0.6 is 0 Å². The van der Waals surface area contributed by atoms with Gasteiger partial charge in [-0.2, -0.15) is 0 Å². The number of amides is 1. The number of nitrogens with two attached hydrogens (primary N) is 1. The second-order valence-corrected chi connectivity index (χ2v) is 5.02. The molecule has 1 aromatic carbocycles. The summed E-state index contributed by atoms with van der Waals surface area (Å²) in [6.07, 6.45) is 3.06. The van der Waals surface area contributed by atoms with Crippen LogP contribution in [0.4, 0.5) is 0 Å². The zero-order valence-corrected chi connectivity index (χ0v) is 11.5. The molecule has 1 aliphatic heterocycles. The van der Waals surface area contributed by atoms with Crippen molar-refractivity contribution in [1.29, 1.82) is 0 Å². The van der Waals surface area contributed by atoms with E-state index < -0.39 is 0 Å². The molecule has 0 bridgehead atoms. The van der Waals surface area contributed by atoms with Crippen molar-refractivity contribution >= 4 is 5.91 Å². The van der Waals surface area contributed by atoms with Crippen molar-refractivity contribution in [3.05, 3.63) is 35.4 Å². The number of hydrogen-bond acceptors (Lipinski definition) is 3. The fourth-order valence-corrected chi connectivity index (χ4v) is 2.48. The molecule has 1 heterocycles. The van der Waals surface area contributed by atoms with Crippen LogP contribution in [0.25, 0.3) is 0 Å². The minimum absolute atomic E-state index is 0.0551. The van der Waals surface area contributed by atoms with E-state index in [9.17, 15) is 4.79 Å². The van der Waals surface area contributed by atoms with E-state index in [1.807, 2.05) is 31.3 Å². The maximum Gasteiger partial charge on any atom is 0.253 e. The molecule has 0 aromatic heterocycles. The van der Waals surface area contributed by atoms with Gasteiger partial charge in [-0.1, -0.05) is 18.2 Å². The van der Waals surface area contributed by atoms with Gasteiger partial charge in [0.05, 0.1) is 6.10 Å². The Balaban J connectivity index is 2.05. The molecule has 2 rings (SSSR count). The summed E-state index contributed by atoms with van der Waals surface area (Å²) < 4.78 is 5.57. The van der Waals surface area contributed by atoms with Gasteiger partial charge in [0.2, 0.25) is 0 Å². The van der Waals surface area contributed by atoms with Crippen molar-refractivity contribution in [1.82, 2.24) is 4.90 Å². The lowest BCUT2D eigenvalue weighted by Gasteiger charge is -2.22. The standard InChI is InChI=1S/C15H22N2O2/c1-17(11-13-6-4-10-19-13)15(18)14-7-3-2-5-12(14)8-9-16/h2-3,5,7,13H,4,6,8-11,16H2,1H3. The van der Waals surface area contributed by atoms with Crippen molar-refractivity contribution in [3.63, 3.8) is 0 Å². The molecule has 0 aliphatic carbocycles. The van der Waals surface area contributed by atoms with Gasteiger partial charge < -0.3 is 15.4 Å². The van der Waals surface area contributed by atoms with Crippen molar-refractivity contribution in [3.8, 4) is 0 Å². The van der Waals surface area contributed by atoms with Crippen LogP contribution in [0.15, 0.2) is 24.3 Å². The van der Waals surface area contributed by atoms with Crippen LogP contribution in [0.5, 0.6) is 0 Å². The highest BCUT2D eigenvalue weighted by Gasteiger charge is 2.21. The summed E-state index contributed by atoms with van der Waals surface area (Å²) in [4.78, 5) is 14.2. The average Bonchev–Trinajstić information content (AvgIpc) is 2.92. The predicted molar refractivity (Wildman–Crippen MR) is 75.1 cm³/mol. The first-order valence-electron chi connectivity index (χ1n) is 6.87. The molecule has 0 spiro atoms. The zero-order valence-electron chi connectivity index (χ0n) is 11.5. The third-order valence-corrected chi connectivity index (χ3v) is 3.51. The molecule has 1 saturated heterocycles. The monoisotopic (exact) mass is 262 g/mol. The topological polar surface area (TPSA) is 55.6 Å². The van der Waals surface area contributed by atoms with Crippen LogP contribution in [-0.2, 0) is 11.2 Å². The number of carbonyl (C=O) groups excluding carboxylic acids is 1. The van der Waals surface area contributed by atoms with E-state index in [1.165, 1.54) is 0 Å². The Labute approximate surface area is 114 Å². The third-order valence-electron chi connectivity index (χ3n) is 3.51. The summed E-state index contributed by atoms with van der Waals surface area (Å²) in [7, 11) is 1.84. The highest BCUT2D eigenvalue weighted by Crippen LogP contribution is 2.16. The molecular weight excluding hydrogens is 240 g/mol. The lowest BCUT2D eigenvalue weighted by Crippen LogP contribution is -2.34. The Morgan fingerprint density at radius 3 is 2.95 bits per heavy atom. The van der Waals surface area contributed by atoms with Crippen LogP contribution in [-0.4, -0.2) is 43.7 Å². The normalized spacial score (nSPS) is 18.5. The highest BCUT2D eigenvalue weighted by atomic mass is 16.5. The number of rotatable bonds is 5. The third kappa shape index (κ3) is 3.55. The van der Waals surface area contributed by atoms with Crippen LogP contribution in [0, 0.1) is 0 Å². The number of carbonyl (C=O) groups is 1. The van der Waals surface area contributed by atoms with E-state index in [-0.39, 0.29) is 12.0 Å². The predicted octanol–water partition coefficient (Wildman–Crippen LogP) is 1.44.